The molecule has 2 aromatic carbocycles. The summed E-state index contributed by atoms with van der Waals surface area (Å²) >= 11 is 0. The third kappa shape index (κ3) is 7.92. The van der Waals surface area contributed by atoms with Crippen molar-refractivity contribution in [1.29, 1.82) is 0 Å². The summed E-state index contributed by atoms with van der Waals surface area (Å²) in [7, 11) is 0. The first-order chi connectivity index (χ1) is 14.4. The second kappa shape index (κ2) is 12.0. The van der Waals surface area contributed by atoms with Crippen LogP contribution in [0.15, 0.2) is 48.5 Å². The average molecular weight is 417 g/mol. The van der Waals surface area contributed by atoms with E-state index in [1.54, 1.807) is 6.08 Å². The van der Waals surface area contributed by atoms with Crippen LogP contribution in [0.4, 0.5) is 13.2 Å². The van der Waals surface area contributed by atoms with Gasteiger partial charge >= 0.3 is 6.18 Å². The Hall–Kier alpha value is -2.78. The summed E-state index contributed by atoms with van der Waals surface area (Å²) in [5.41, 5.74) is 0.760. The van der Waals surface area contributed by atoms with Crippen molar-refractivity contribution in [3.05, 3.63) is 76.6 Å². The maximum absolute atomic E-state index is 12.7. The molecule has 0 unspecified atom stereocenters. The highest BCUT2D eigenvalue weighted by Crippen LogP contribution is 2.30. The molecule has 0 bridgehead atoms. The molecule has 0 saturated heterocycles. The Balaban J connectivity index is 1.87. The summed E-state index contributed by atoms with van der Waals surface area (Å²) in [5, 5.41) is 8.73. The van der Waals surface area contributed by atoms with Crippen LogP contribution in [0.25, 0.3) is 16.6 Å². The van der Waals surface area contributed by atoms with Gasteiger partial charge in [-0.1, -0.05) is 62.1 Å². The molecular formula is C24H26F3NO2. The molecule has 0 heterocycles. The number of nitrogens with zero attached hydrogens (tertiary/aromatic N) is 1. The summed E-state index contributed by atoms with van der Waals surface area (Å²) < 4.78 is 43.8. The van der Waals surface area contributed by atoms with Crippen molar-refractivity contribution < 1.29 is 23.0 Å². The number of hydrogen-bond acceptors (Lipinski definition) is 2. The van der Waals surface area contributed by atoms with Crippen LogP contribution < -0.4 is 4.74 Å². The predicted octanol–water partition coefficient (Wildman–Crippen LogP) is 6.83. The third-order valence-corrected chi connectivity index (χ3v) is 4.63. The van der Waals surface area contributed by atoms with Crippen molar-refractivity contribution in [1.82, 2.24) is 0 Å². The van der Waals surface area contributed by atoms with Gasteiger partial charge in [-0.25, -0.2) is 4.85 Å². The lowest BCUT2D eigenvalue weighted by atomic mass is 10.1. The smallest absolute Gasteiger partial charge is 0.416 e. The molecule has 0 spiro atoms. The van der Waals surface area contributed by atoms with Gasteiger partial charge in [0, 0.05) is 6.61 Å². The lowest BCUT2D eigenvalue weighted by Crippen LogP contribution is -2.04. The quantitative estimate of drug-likeness (QED) is 0.247. The van der Waals surface area contributed by atoms with Crippen molar-refractivity contribution in [3.63, 3.8) is 0 Å². The summed E-state index contributed by atoms with van der Waals surface area (Å²) in [5.74, 6) is 0.742. The Morgan fingerprint density at radius 2 is 1.50 bits per heavy atom. The Morgan fingerprint density at radius 3 is 2.07 bits per heavy atom. The van der Waals surface area contributed by atoms with Crippen LogP contribution in [0.2, 0.25) is 0 Å². The fourth-order valence-electron chi connectivity index (χ4n) is 2.94. The maximum atomic E-state index is 12.7. The Bertz CT molecular complexity index is 835. The number of aliphatic hydroxyl groups excluding tert-OH is 1. The van der Waals surface area contributed by atoms with Crippen LogP contribution in [0.3, 0.4) is 0 Å². The molecule has 2 aromatic rings. The number of aliphatic hydroxyl groups is 1. The summed E-state index contributed by atoms with van der Waals surface area (Å²) in [4.78, 5) is 3.45. The standard InChI is InChI=1S/C24H26F3NO2/c1-28-23(20-10-12-21(13-11-20)24(25,26)27)18-19-8-14-22(15-9-19)30-17-7-5-3-2-4-6-16-29/h8-15,18,29H,2-7,16-17H2/b23-18-. The van der Waals surface area contributed by atoms with Gasteiger partial charge in [0.25, 0.3) is 0 Å². The molecule has 6 heteroatoms. The van der Waals surface area contributed by atoms with E-state index in [1.807, 2.05) is 24.3 Å². The van der Waals surface area contributed by atoms with Gasteiger partial charge in [0.2, 0.25) is 0 Å². The van der Waals surface area contributed by atoms with E-state index in [0.717, 1.165) is 62.0 Å². The molecule has 30 heavy (non-hydrogen) atoms. The van der Waals surface area contributed by atoms with E-state index in [-0.39, 0.29) is 12.3 Å². The third-order valence-electron chi connectivity index (χ3n) is 4.63. The zero-order chi connectivity index (χ0) is 21.8. The highest BCUT2D eigenvalue weighted by molar-refractivity contribution is 5.85. The number of ether oxygens (including phenoxy) is 1. The number of rotatable bonds is 11. The lowest BCUT2D eigenvalue weighted by molar-refractivity contribution is -0.137. The Morgan fingerprint density at radius 1 is 0.900 bits per heavy atom. The van der Waals surface area contributed by atoms with Crippen molar-refractivity contribution >= 4 is 11.8 Å². The molecule has 0 saturated carbocycles. The average Bonchev–Trinajstić information content (AvgIpc) is 2.74. The first kappa shape index (κ1) is 23.5. The number of alkyl halides is 3. The van der Waals surface area contributed by atoms with Crippen LogP contribution in [0, 0.1) is 6.57 Å². The monoisotopic (exact) mass is 417 g/mol. The zero-order valence-electron chi connectivity index (χ0n) is 16.8. The van der Waals surface area contributed by atoms with Gasteiger partial charge in [-0.05, 0) is 42.2 Å². The molecule has 2 rings (SSSR count). The Kier molecular flexibility index (Phi) is 9.43. The predicted molar refractivity (Wildman–Crippen MR) is 113 cm³/mol. The molecule has 0 atom stereocenters. The van der Waals surface area contributed by atoms with E-state index in [2.05, 4.69) is 4.85 Å². The minimum atomic E-state index is -4.39. The lowest BCUT2D eigenvalue weighted by Gasteiger charge is -2.08. The van der Waals surface area contributed by atoms with Crippen molar-refractivity contribution in [2.45, 2.75) is 44.7 Å². The van der Waals surface area contributed by atoms with Gasteiger partial charge in [0.1, 0.15) is 5.75 Å². The van der Waals surface area contributed by atoms with Crippen LogP contribution >= 0.6 is 0 Å². The molecule has 0 aromatic heterocycles. The summed E-state index contributed by atoms with van der Waals surface area (Å²) in [6.45, 7) is 8.24. The van der Waals surface area contributed by atoms with Crippen molar-refractivity contribution in [2.75, 3.05) is 13.2 Å². The van der Waals surface area contributed by atoms with Gasteiger partial charge in [-0.15, -0.1) is 0 Å². The molecule has 0 aliphatic rings. The van der Waals surface area contributed by atoms with E-state index in [4.69, 9.17) is 16.4 Å². The first-order valence-corrected chi connectivity index (χ1v) is 10.0. The topological polar surface area (TPSA) is 33.8 Å². The molecule has 0 aliphatic carbocycles. The molecule has 0 fully saturated rings. The molecule has 3 nitrogen and oxygen atoms in total. The zero-order valence-corrected chi connectivity index (χ0v) is 16.8. The Labute approximate surface area is 175 Å². The molecular weight excluding hydrogens is 391 g/mol. The van der Waals surface area contributed by atoms with Crippen LogP contribution in [0.1, 0.15) is 55.2 Å². The van der Waals surface area contributed by atoms with Crippen LogP contribution in [0.5, 0.6) is 5.75 Å². The van der Waals surface area contributed by atoms with E-state index in [0.29, 0.717) is 12.2 Å². The SMILES string of the molecule is [C-]#[N+]/C(=C\c1ccc(OCCCCCCCCO)cc1)c1ccc(C(F)(F)F)cc1. The molecule has 0 radical (unpaired) electrons. The number of unbranched alkanes of at least 4 members (excludes halogenated alkanes) is 5. The summed E-state index contributed by atoms with van der Waals surface area (Å²) in [6, 6.07) is 11.9. The van der Waals surface area contributed by atoms with E-state index in [1.165, 1.54) is 12.1 Å². The summed E-state index contributed by atoms with van der Waals surface area (Å²) in [6.07, 6.45) is 3.50. The van der Waals surface area contributed by atoms with E-state index >= 15 is 0 Å². The number of halogens is 3. The van der Waals surface area contributed by atoms with Gasteiger partial charge in [-0.3, -0.25) is 0 Å². The second-order valence-electron chi connectivity index (χ2n) is 6.98. The maximum Gasteiger partial charge on any atom is 0.416 e. The molecule has 1 N–H and O–H groups in total. The first-order valence-electron chi connectivity index (χ1n) is 10.0. The largest absolute Gasteiger partial charge is 0.494 e. The van der Waals surface area contributed by atoms with Gasteiger partial charge in [0.05, 0.1) is 18.7 Å². The molecule has 0 amide bonds. The van der Waals surface area contributed by atoms with Crippen LogP contribution in [-0.2, 0) is 6.18 Å². The van der Waals surface area contributed by atoms with E-state index in [9.17, 15) is 13.2 Å². The number of hydrogen-bond donors (Lipinski definition) is 1. The highest BCUT2D eigenvalue weighted by atomic mass is 19.4. The van der Waals surface area contributed by atoms with Crippen molar-refractivity contribution in [3.8, 4) is 5.75 Å². The van der Waals surface area contributed by atoms with Crippen molar-refractivity contribution in [2.24, 2.45) is 0 Å². The molecule has 0 aliphatic heterocycles. The fraction of sp³-hybridized carbons (Fsp3) is 0.375. The minimum absolute atomic E-state index is 0.260. The minimum Gasteiger partial charge on any atom is -0.494 e. The van der Waals surface area contributed by atoms with Gasteiger partial charge in [0.15, 0.2) is 5.70 Å². The van der Waals surface area contributed by atoms with Gasteiger partial charge in [-0.2, -0.15) is 13.2 Å². The highest BCUT2D eigenvalue weighted by Gasteiger charge is 2.30. The van der Waals surface area contributed by atoms with Gasteiger partial charge < -0.3 is 9.84 Å². The molecule has 160 valence electrons. The second-order valence-corrected chi connectivity index (χ2v) is 6.98. The van der Waals surface area contributed by atoms with Crippen LogP contribution in [-0.4, -0.2) is 18.3 Å². The number of benzene rings is 2. The van der Waals surface area contributed by atoms with E-state index < -0.39 is 11.7 Å². The normalized spacial score (nSPS) is 11.9. The fourth-order valence-corrected chi connectivity index (χ4v) is 2.94.